The van der Waals surface area contributed by atoms with Crippen LogP contribution < -0.4 is 0 Å². The highest BCUT2D eigenvalue weighted by molar-refractivity contribution is 5.89. The number of hydrogen-bond donors (Lipinski definition) is 2. The van der Waals surface area contributed by atoms with Crippen molar-refractivity contribution in [3.05, 3.63) is 53.3 Å². The first-order chi connectivity index (χ1) is 9.56. The lowest BCUT2D eigenvalue weighted by atomic mass is 10.00. The molecule has 20 heavy (non-hydrogen) atoms. The Labute approximate surface area is 115 Å². The van der Waals surface area contributed by atoms with Crippen molar-refractivity contribution in [2.24, 2.45) is 0 Å². The molecule has 0 radical (unpaired) electrons. The summed E-state index contributed by atoms with van der Waals surface area (Å²) in [6.45, 7) is 0.479. The summed E-state index contributed by atoms with van der Waals surface area (Å²) in [6.07, 6.45) is 3.57. The van der Waals surface area contributed by atoms with Gasteiger partial charge in [0.05, 0.1) is 12.1 Å². The zero-order chi connectivity index (χ0) is 14.5. The molecule has 6 heteroatoms. The molecule has 0 atom stereocenters. The van der Waals surface area contributed by atoms with Crippen LogP contribution in [0.5, 0.6) is 0 Å². The van der Waals surface area contributed by atoms with E-state index >= 15 is 0 Å². The van der Waals surface area contributed by atoms with Gasteiger partial charge in [-0.2, -0.15) is 5.10 Å². The largest absolute Gasteiger partial charge is 0.481 e. The smallest absolute Gasteiger partial charge is 0.335 e. The summed E-state index contributed by atoms with van der Waals surface area (Å²) < 4.78 is 1.69. The Morgan fingerprint density at radius 2 is 2.05 bits per heavy atom. The number of aliphatic carboxylic acids is 1. The average Bonchev–Trinajstić information content (AvgIpc) is 2.89. The predicted octanol–water partition coefficient (Wildman–Crippen LogP) is 1.65. The van der Waals surface area contributed by atoms with E-state index in [9.17, 15) is 14.7 Å². The molecule has 1 aromatic carbocycles. The van der Waals surface area contributed by atoms with Gasteiger partial charge in [0.25, 0.3) is 0 Å². The second-order valence-electron chi connectivity index (χ2n) is 4.39. The predicted molar refractivity (Wildman–Crippen MR) is 70.7 cm³/mol. The van der Waals surface area contributed by atoms with Crippen molar-refractivity contribution in [2.75, 3.05) is 0 Å². The summed E-state index contributed by atoms with van der Waals surface area (Å²) in [5.74, 6) is -1.99. The lowest BCUT2D eigenvalue weighted by Gasteiger charge is -2.08. The van der Waals surface area contributed by atoms with Gasteiger partial charge in [-0.25, -0.2) is 4.79 Å². The van der Waals surface area contributed by atoms with E-state index in [4.69, 9.17) is 5.11 Å². The molecule has 2 rings (SSSR count). The van der Waals surface area contributed by atoms with Crippen LogP contribution in [0.1, 0.15) is 27.9 Å². The highest BCUT2D eigenvalue weighted by Crippen LogP contribution is 2.15. The Hall–Kier alpha value is -2.63. The fraction of sp³-hybridized carbons (Fsp3) is 0.214. The lowest BCUT2D eigenvalue weighted by molar-refractivity contribution is -0.136. The van der Waals surface area contributed by atoms with Gasteiger partial charge in [0.15, 0.2) is 0 Å². The summed E-state index contributed by atoms with van der Waals surface area (Å²) in [5, 5.41) is 21.9. The van der Waals surface area contributed by atoms with Crippen LogP contribution in [0.2, 0.25) is 0 Å². The van der Waals surface area contributed by atoms with Crippen LogP contribution in [-0.2, 0) is 17.8 Å². The molecule has 0 saturated carbocycles. The van der Waals surface area contributed by atoms with Gasteiger partial charge in [-0.05, 0) is 29.7 Å². The van der Waals surface area contributed by atoms with Gasteiger partial charge in [0.2, 0.25) is 0 Å². The van der Waals surface area contributed by atoms with Gasteiger partial charge >= 0.3 is 11.9 Å². The highest BCUT2D eigenvalue weighted by Gasteiger charge is 2.12. The fourth-order valence-corrected chi connectivity index (χ4v) is 1.96. The van der Waals surface area contributed by atoms with E-state index < -0.39 is 11.9 Å². The van der Waals surface area contributed by atoms with Crippen molar-refractivity contribution in [1.82, 2.24) is 9.78 Å². The molecular formula is C14H14N2O4. The summed E-state index contributed by atoms with van der Waals surface area (Å²) in [6, 6.07) is 6.83. The number of benzene rings is 1. The second-order valence-corrected chi connectivity index (χ2v) is 4.39. The molecule has 2 N–H and O–H groups in total. The minimum Gasteiger partial charge on any atom is -0.481 e. The zero-order valence-electron chi connectivity index (χ0n) is 10.7. The van der Waals surface area contributed by atoms with Crippen molar-refractivity contribution < 1.29 is 19.8 Å². The summed E-state index contributed by atoms with van der Waals surface area (Å²) in [7, 11) is 0. The molecule has 2 aromatic rings. The van der Waals surface area contributed by atoms with E-state index in [0.29, 0.717) is 12.1 Å². The normalized spacial score (nSPS) is 10.4. The maximum Gasteiger partial charge on any atom is 0.335 e. The minimum absolute atomic E-state index is 0.0845. The number of aromatic nitrogens is 2. The zero-order valence-corrected chi connectivity index (χ0v) is 10.7. The molecule has 0 aliphatic rings. The molecule has 1 heterocycles. The third-order valence-electron chi connectivity index (χ3n) is 2.92. The quantitative estimate of drug-likeness (QED) is 0.835. The van der Waals surface area contributed by atoms with Gasteiger partial charge in [0.1, 0.15) is 0 Å². The molecule has 0 fully saturated rings. The van der Waals surface area contributed by atoms with Crippen LogP contribution in [0, 0.1) is 0 Å². The average molecular weight is 274 g/mol. The fourth-order valence-electron chi connectivity index (χ4n) is 1.96. The van der Waals surface area contributed by atoms with E-state index in [1.165, 1.54) is 0 Å². The van der Waals surface area contributed by atoms with Crippen LogP contribution in [0.4, 0.5) is 0 Å². The van der Waals surface area contributed by atoms with Crippen molar-refractivity contribution in [2.45, 2.75) is 19.4 Å². The molecule has 104 valence electrons. The van der Waals surface area contributed by atoms with Gasteiger partial charge in [-0.1, -0.05) is 12.1 Å². The molecule has 0 unspecified atom stereocenters. The molecule has 0 amide bonds. The Balaban J connectivity index is 2.22. The SMILES string of the molecule is O=C(O)CCc1ccc(Cn2cccn2)cc1C(=O)O. The number of aromatic carboxylic acids is 1. The molecular weight excluding hydrogens is 260 g/mol. The summed E-state index contributed by atoms with van der Waals surface area (Å²) >= 11 is 0. The maximum atomic E-state index is 11.3. The lowest BCUT2D eigenvalue weighted by Crippen LogP contribution is -2.08. The van der Waals surface area contributed by atoms with Crippen LogP contribution in [0.25, 0.3) is 0 Å². The minimum atomic E-state index is -1.05. The van der Waals surface area contributed by atoms with Crippen LogP contribution >= 0.6 is 0 Å². The van der Waals surface area contributed by atoms with Crippen LogP contribution in [0.3, 0.4) is 0 Å². The van der Waals surface area contributed by atoms with Crippen LogP contribution in [-0.4, -0.2) is 31.9 Å². The molecule has 0 aliphatic heterocycles. The Kier molecular flexibility index (Phi) is 4.14. The van der Waals surface area contributed by atoms with Crippen molar-refractivity contribution >= 4 is 11.9 Å². The van der Waals surface area contributed by atoms with Crippen molar-refractivity contribution in [3.63, 3.8) is 0 Å². The standard InChI is InChI=1S/C14H14N2O4/c17-13(18)5-4-11-3-2-10(8-12(11)14(19)20)9-16-7-1-6-15-16/h1-3,6-8H,4-5,9H2,(H,17,18)(H,19,20). The number of hydrogen-bond acceptors (Lipinski definition) is 3. The number of rotatable bonds is 6. The van der Waals surface area contributed by atoms with Crippen molar-refractivity contribution in [3.8, 4) is 0 Å². The summed E-state index contributed by atoms with van der Waals surface area (Å²) in [4.78, 5) is 21.8. The number of carbonyl (C=O) groups is 2. The molecule has 0 aliphatic carbocycles. The maximum absolute atomic E-state index is 11.3. The molecule has 1 aromatic heterocycles. The molecule has 6 nitrogen and oxygen atoms in total. The second kappa shape index (κ2) is 6.01. The number of carboxylic acid groups (broad SMARTS) is 2. The van der Waals surface area contributed by atoms with E-state index in [-0.39, 0.29) is 18.4 Å². The molecule has 0 spiro atoms. The Morgan fingerprint density at radius 3 is 2.65 bits per heavy atom. The van der Waals surface area contributed by atoms with Gasteiger partial charge in [-0.15, -0.1) is 0 Å². The molecule has 0 saturated heterocycles. The third kappa shape index (κ3) is 3.44. The monoisotopic (exact) mass is 274 g/mol. The topological polar surface area (TPSA) is 92.4 Å². The van der Waals surface area contributed by atoms with Gasteiger partial charge in [-0.3, -0.25) is 9.48 Å². The Morgan fingerprint density at radius 1 is 1.25 bits per heavy atom. The van der Waals surface area contributed by atoms with Gasteiger partial charge < -0.3 is 10.2 Å². The molecule has 0 bridgehead atoms. The number of carboxylic acids is 2. The summed E-state index contributed by atoms with van der Waals surface area (Å²) in [5.41, 5.74) is 1.49. The van der Waals surface area contributed by atoms with E-state index in [2.05, 4.69) is 5.10 Å². The number of nitrogens with zero attached hydrogens (tertiary/aromatic N) is 2. The first-order valence-corrected chi connectivity index (χ1v) is 6.10. The van der Waals surface area contributed by atoms with Crippen molar-refractivity contribution in [1.29, 1.82) is 0 Å². The number of aryl methyl sites for hydroxylation is 1. The van der Waals surface area contributed by atoms with E-state index in [1.807, 2.05) is 0 Å². The van der Waals surface area contributed by atoms with E-state index in [0.717, 1.165) is 5.56 Å². The first kappa shape index (κ1) is 13.8. The van der Waals surface area contributed by atoms with E-state index in [1.54, 1.807) is 41.3 Å². The third-order valence-corrected chi connectivity index (χ3v) is 2.92. The van der Waals surface area contributed by atoms with Crippen LogP contribution in [0.15, 0.2) is 36.7 Å². The van der Waals surface area contributed by atoms with Gasteiger partial charge in [0, 0.05) is 18.8 Å². The highest BCUT2D eigenvalue weighted by atomic mass is 16.4. The first-order valence-electron chi connectivity index (χ1n) is 6.10. The Bertz CT molecular complexity index is 620.